The van der Waals surface area contributed by atoms with E-state index in [1.54, 1.807) is 0 Å². The Kier molecular flexibility index (Phi) is 2.46. The van der Waals surface area contributed by atoms with Crippen molar-refractivity contribution in [3.05, 3.63) is 29.8 Å². The molecule has 0 unspecified atom stereocenters. The Hall–Kier alpha value is -1.65. The second-order valence-electron chi connectivity index (χ2n) is 2.51. The summed E-state index contributed by atoms with van der Waals surface area (Å²) in [6.07, 6.45) is 0. The van der Waals surface area contributed by atoms with Crippen LogP contribution in [0.3, 0.4) is 0 Å². The lowest BCUT2D eigenvalue weighted by Gasteiger charge is -2.17. The lowest BCUT2D eigenvalue weighted by atomic mass is 10.3. The highest BCUT2D eigenvalue weighted by atomic mass is 19.1. The topological polar surface area (TPSA) is 53.1 Å². The second-order valence-corrected chi connectivity index (χ2v) is 2.51. The van der Waals surface area contributed by atoms with Gasteiger partial charge in [0.05, 0.1) is 0 Å². The molecule has 0 saturated heterocycles. The molecule has 13 heavy (non-hydrogen) atoms. The lowest BCUT2D eigenvalue weighted by Crippen LogP contribution is -2.33. The third-order valence-corrected chi connectivity index (χ3v) is 1.63. The van der Waals surface area contributed by atoms with Gasteiger partial charge in [-0.3, -0.25) is 5.41 Å². The minimum Gasteiger partial charge on any atom is -0.370 e. The molecule has 0 aliphatic carbocycles. The number of rotatable bonds is 1. The van der Waals surface area contributed by atoms with Gasteiger partial charge in [-0.2, -0.15) is 0 Å². The molecule has 0 amide bonds. The lowest BCUT2D eigenvalue weighted by molar-refractivity contribution is 0.584. The van der Waals surface area contributed by atoms with E-state index in [9.17, 15) is 8.78 Å². The normalized spacial score (nSPS) is 9.77. The number of hydrogen-bond donors (Lipinski definition) is 2. The molecule has 1 aromatic rings. The fourth-order valence-electron chi connectivity index (χ4n) is 0.930. The fourth-order valence-corrected chi connectivity index (χ4v) is 0.930. The summed E-state index contributed by atoms with van der Waals surface area (Å²) in [7, 11) is 1.32. The first-order valence-electron chi connectivity index (χ1n) is 3.56. The van der Waals surface area contributed by atoms with Crippen LogP contribution in [0.2, 0.25) is 0 Å². The van der Waals surface area contributed by atoms with E-state index in [0.717, 1.165) is 17.0 Å². The molecule has 0 aliphatic rings. The molecular formula is C8H9F2N3. The summed E-state index contributed by atoms with van der Waals surface area (Å²) in [6.45, 7) is 0. The van der Waals surface area contributed by atoms with Crippen molar-refractivity contribution in [3.8, 4) is 0 Å². The zero-order valence-electron chi connectivity index (χ0n) is 7.01. The van der Waals surface area contributed by atoms with Gasteiger partial charge < -0.3 is 10.6 Å². The maximum Gasteiger partial charge on any atom is 0.192 e. The number of para-hydroxylation sites is 1. The van der Waals surface area contributed by atoms with Crippen molar-refractivity contribution in [3.63, 3.8) is 0 Å². The molecule has 0 bridgehead atoms. The van der Waals surface area contributed by atoms with Crippen LogP contribution < -0.4 is 10.6 Å². The maximum atomic E-state index is 13.0. The molecule has 70 valence electrons. The Morgan fingerprint density at radius 3 is 2.23 bits per heavy atom. The molecule has 0 aliphatic heterocycles. The van der Waals surface area contributed by atoms with Crippen LogP contribution >= 0.6 is 0 Å². The molecule has 0 spiro atoms. The van der Waals surface area contributed by atoms with Crippen LogP contribution in [0.4, 0.5) is 14.5 Å². The molecule has 3 nitrogen and oxygen atoms in total. The van der Waals surface area contributed by atoms with Crippen LogP contribution in [0.15, 0.2) is 18.2 Å². The number of nitrogens with one attached hydrogen (secondary N) is 1. The van der Waals surface area contributed by atoms with Gasteiger partial charge in [0, 0.05) is 7.05 Å². The summed E-state index contributed by atoms with van der Waals surface area (Å²) in [6, 6.07) is 3.47. The number of nitrogens with two attached hydrogens (primary N) is 1. The van der Waals surface area contributed by atoms with Crippen molar-refractivity contribution in [1.29, 1.82) is 5.41 Å². The standard InChI is InChI=1S/C8H9F2N3/c1-13(8(11)12)7-5(9)3-2-4-6(7)10/h2-4H,1H3,(H3,11,12). The molecule has 3 N–H and O–H groups in total. The van der Waals surface area contributed by atoms with Gasteiger partial charge >= 0.3 is 0 Å². The van der Waals surface area contributed by atoms with E-state index in [2.05, 4.69) is 0 Å². The van der Waals surface area contributed by atoms with Crippen LogP contribution in [0.5, 0.6) is 0 Å². The van der Waals surface area contributed by atoms with Gasteiger partial charge in [0.1, 0.15) is 17.3 Å². The molecule has 0 aromatic heterocycles. The Balaban J connectivity index is 3.20. The number of hydrogen-bond acceptors (Lipinski definition) is 1. The van der Waals surface area contributed by atoms with E-state index in [1.807, 2.05) is 0 Å². The third-order valence-electron chi connectivity index (χ3n) is 1.63. The summed E-state index contributed by atoms with van der Waals surface area (Å²) in [5.74, 6) is -1.89. The van der Waals surface area contributed by atoms with Crippen molar-refractivity contribution in [2.75, 3.05) is 11.9 Å². The van der Waals surface area contributed by atoms with Gasteiger partial charge in [-0.1, -0.05) is 6.07 Å². The second kappa shape index (κ2) is 3.38. The van der Waals surface area contributed by atoms with E-state index in [1.165, 1.54) is 13.1 Å². The highest BCUT2D eigenvalue weighted by Crippen LogP contribution is 2.21. The number of anilines is 1. The monoisotopic (exact) mass is 185 g/mol. The summed E-state index contributed by atoms with van der Waals surface area (Å²) >= 11 is 0. The summed E-state index contributed by atoms with van der Waals surface area (Å²) in [4.78, 5) is 0.935. The van der Waals surface area contributed by atoms with Gasteiger partial charge in [-0.15, -0.1) is 0 Å². The molecule has 0 heterocycles. The first-order valence-corrected chi connectivity index (χ1v) is 3.56. The minimum atomic E-state index is -0.738. The van der Waals surface area contributed by atoms with E-state index >= 15 is 0 Å². The minimum absolute atomic E-state index is 0.310. The average Bonchev–Trinajstić information content (AvgIpc) is 2.03. The molecule has 1 rings (SSSR count). The molecule has 0 atom stereocenters. The molecule has 5 heteroatoms. The largest absolute Gasteiger partial charge is 0.370 e. The van der Waals surface area contributed by atoms with Crippen LogP contribution in [0, 0.1) is 17.0 Å². The van der Waals surface area contributed by atoms with Crippen LogP contribution in [0.25, 0.3) is 0 Å². The maximum absolute atomic E-state index is 13.0. The van der Waals surface area contributed by atoms with E-state index in [4.69, 9.17) is 11.1 Å². The van der Waals surface area contributed by atoms with Crippen molar-refractivity contribution in [1.82, 2.24) is 0 Å². The SMILES string of the molecule is CN(C(=N)N)c1c(F)cccc1F. The van der Waals surface area contributed by atoms with Crippen molar-refractivity contribution in [2.45, 2.75) is 0 Å². The average molecular weight is 185 g/mol. The van der Waals surface area contributed by atoms with E-state index < -0.39 is 17.6 Å². The van der Waals surface area contributed by atoms with Crippen molar-refractivity contribution < 1.29 is 8.78 Å². The Bertz CT molecular complexity index is 318. The summed E-state index contributed by atoms with van der Waals surface area (Å²) in [5, 5.41) is 7.00. The number of halogens is 2. The fraction of sp³-hybridized carbons (Fsp3) is 0.125. The van der Waals surface area contributed by atoms with Gasteiger partial charge in [-0.05, 0) is 12.1 Å². The Morgan fingerprint density at radius 1 is 1.38 bits per heavy atom. The van der Waals surface area contributed by atoms with Crippen LogP contribution in [-0.2, 0) is 0 Å². The Labute approximate surface area is 74.3 Å². The van der Waals surface area contributed by atoms with Crippen molar-refractivity contribution >= 4 is 11.6 Å². The summed E-state index contributed by atoms with van der Waals surface area (Å²) in [5.41, 5.74) is 4.77. The first kappa shape index (κ1) is 9.44. The number of guanidine groups is 1. The van der Waals surface area contributed by atoms with Gasteiger partial charge in [0.25, 0.3) is 0 Å². The predicted octanol–water partition coefficient (Wildman–Crippen LogP) is 1.29. The quantitative estimate of drug-likeness (QED) is 0.511. The van der Waals surface area contributed by atoms with E-state index in [0.29, 0.717) is 0 Å². The molecule has 1 aromatic carbocycles. The van der Waals surface area contributed by atoms with Crippen LogP contribution in [-0.4, -0.2) is 13.0 Å². The van der Waals surface area contributed by atoms with Gasteiger partial charge in [0.2, 0.25) is 0 Å². The van der Waals surface area contributed by atoms with Crippen LogP contribution in [0.1, 0.15) is 0 Å². The highest BCUT2D eigenvalue weighted by Gasteiger charge is 2.14. The molecule has 0 radical (unpaired) electrons. The zero-order chi connectivity index (χ0) is 10.0. The predicted molar refractivity (Wildman–Crippen MR) is 46.7 cm³/mol. The number of benzene rings is 1. The molecule has 0 saturated carbocycles. The Morgan fingerprint density at radius 2 is 1.85 bits per heavy atom. The zero-order valence-corrected chi connectivity index (χ0v) is 7.01. The third kappa shape index (κ3) is 1.74. The van der Waals surface area contributed by atoms with Crippen molar-refractivity contribution in [2.24, 2.45) is 5.73 Å². The molecule has 0 fully saturated rings. The highest BCUT2D eigenvalue weighted by molar-refractivity contribution is 5.92. The van der Waals surface area contributed by atoms with Gasteiger partial charge in [-0.25, -0.2) is 8.78 Å². The molecular weight excluding hydrogens is 176 g/mol. The first-order chi connectivity index (χ1) is 6.04. The van der Waals surface area contributed by atoms with E-state index in [-0.39, 0.29) is 5.69 Å². The smallest absolute Gasteiger partial charge is 0.192 e. The van der Waals surface area contributed by atoms with Gasteiger partial charge in [0.15, 0.2) is 5.96 Å². The number of nitrogens with zero attached hydrogens (tertiary/aromatic N) is 1. The summed E-state index contributed by atoms with van der Waals surface area (Å²) < 4.78 is 26.1.